The molecule has 0 aliphatic carbocycles. The van der Waals surface area contributed by atoms with Gasteiger partial charge in [0.15, 0.2) is 6.61 Å². The van der Waals surface area contributed by atoms with Crippen molar-refractivity contribution >= 4 is 63.3 Å². The van der Waals surface area contributed by atoms with Crippen LogP contribution in [0, 0.1) is 7.14 Å². The van der Waals surface area contributed by atoms with Crippen molar-refractivity contribution < 1.29 is 23.8 Å². The van der Waals surface area contributed by atoms with Crippen LogP contribution in [-0.4, -0.2) is 69.6 Å². The van der Waals surface area contributed by atoms with Crippen LogP contribution in [0.5, 0.6) is 5.75 Å². The highest BCUT2D eigenvalue weighted by molar-refractivity contribution is 14.1. The molecule has 1 amide bonds. The molecule has 8 nitrogen and oxygen atoms in total. The molecule has 1 heterocycles. The van der Waals surface area contributed by atoms with E-state index in [0.717, 1.165) is 25.8 Å². The van der Waals surface area contributed by atoms with E-state index in [1.165, 1.54) is 7.11 Å². The van der Waals surface area contributed by atoms with Crippen molar-refractivity contribution in [3.63, 3.8) is 0 Å². The SMILES string of the molecule is COC(=O)COc1c(I)cc(/C=N/NC(=O)CN2CCOCC2)cc1I. The Morgan fingerprint density at radius 2 is 1.96 bits per heavy atom. The minimum absolute atomic E-state index is 0.145. The summed E-state index contributed by atoms with van der Waals surface area (Å²) in [5.74, 6) is 0.0147. The number of carbonyl (C=O) groups is 2. The van der Waals surface area contributed by atoms with Crippen molar-refractivity contribution in [2.75, 3.05) is 46.6 Å². The summed E-state index contributed by atoms with van der Waals surface area (Å²) in [5, 5.41) is 4.00. The quantitative estimate of drug-likeness (QED) is 0.224. The van der Waals surface area contributed by atoms with Crippen molar-refractivity contribution in [2.24, 2.45) is 5.10 Å². The molecule has 1 N–H and O–H groups in total. The van der Waals surface area contributed by atoms with E-state index in [9.17, 15) is 9.59 Å². The Morgan fingerprint density at radius 3 is 2.58 bits per heavy atom. The van der Waals surface area contributed by atoms with Crippen molar-refractivity contribution in [1.29, 1.82) is 0 Å². The molecule has 1 aliphatic rings. The fourth-order valence-electron chi connectivity index (χ4n) is 2.16. The molecule has 0 atom stereocenters. The summed E-state index contributed by atoms with van der Waals surface area (Å²) in [6, 6.07) is 3.71. The maximum atomic E-state index is 11.9. The Labute approximate surface area is 178 Å². The van der Waals surface area contributed by atoms with Gasteiger partial charge in [-0.25, -0.2) is 10.2 Å². The molecule has 26 heavy (non-hydrogen) atoms. The van der Waals surface area contributed by atoms with Gasteiger partial charge in [0.05, 0.1) is 40.2 Å². The van der Waals surface area contributed by atoms with Crippen LogP contribution in [0.1, 0.15) is 5.56 Å². The molecular formula is C16H19I2N3O5. The number of halogens is 2. The first kappa shape index (κ1) is 21.3. The molecular weight excluding hydrogens is 568 g/mol. The first-order valence-electron chi connectivity index (χ1n) is 7.80. The van der Waals surface area contributed by atoms with Gasteiger partial charge in [0.2, 0.25) is 0 Å². The third-order valence-corrected chi connectivity index (χ3v) is 5.06. The van der Waals surface area contributed by atoms with Gasteiger partial charge in [-0.15, -0.1) is 0 Å². The lowest BCUT2D eigenvalue weighted by Gasteiger charge is -2.25. The van der Waals surface area contributed by atoms with Gasteiger partial charge < -0.3 is 14.2 Å². The molecule has 1 saturated heterocycles. The van der Waals surface area contributed by atoms with E-state index < -0.39 is 5.97 Å². The summed E-state index contributed by atoms with van der Waals surface area (Å²) < 4.78 is 17.0. The van der Waals surface area contributed by atoms with Crippen LogP contribution in [0.2, 0.25) is 0 Å². The summed E-state index contributed by atoms with van der Waals surface area (Å²) in [7, 11) is 1.31. The van der Waals surface area contributed by atoms with Gasteiger partial charge in [0, 0.05) is 13.1 Å². The second-order valence-corrected chi connectivity index (χ2v) is 7.68. The van der Waals surface area contributed by atoms with E-state index in [0.29, 0.717) is 25.5 Å². The molecule has 1 aromatic carbocycles. The smallest absolute Gasteiger partial charge is 0.343 e. The molecule has 1 aromatic rings. The van der Waals surface area contributed by atoms with Crippen LogP contribution in [0.15, 0.2) is 17.2 Å². The number of ether oxygens (including phenoxy) is 3. The first-order valence-corrected chi connectivity index (χ1v) is 9.96. The standard InChI is InChI=1S/C16H19I2N3O5/c1-24-15(23)10-26-16-12(17)6-11(7-13(16)18)8-19-20-14(22)9-21-2-4-25-5-3-21/h6-8H,2-5,9-10H2,1H3,(H,20,22)/b19-8+. The number of esters is 1. The van der Waals surface area contributed by atoms with E-state index >= 15 is 0 Å². The third-order valence-electron chi connectivity index (χ3n) is 3.46. The van der Waals surface area contributed by atoms with E-state index in [1.807, 2.05) is 17.0 Å². The second kappa shape index (κ2) is 11.0. The Hall–Kier alpha value is -0.990. The van der Waals surface area contributed by atoms with Gasteiger partial charge in [0.1, 0.15) is 5.75 Å². The van der Waals surface area contributed by atoms with Crippen molar-refractivity contribution in [2.45, 2.75) is 0 Å². The molecule has 0 aromatic heterocycles. The van der Waals surface area contributed by atoms with Gasteiger partial charge in [-0.1, -0.05) is 0 Å². The predicted octanol–water partition coefficient (Wildman–Crippen LogP) is 1.23. The topological polar surface area (TPSA) is 89.5 Å². The maximum Gasteiger partial charge on any atom is 0.343 e. The van der Waals surface area contributed by atoms with Crippen LogP contribution in [0.25, 0.3) is 0 Å². The molecule has 142 valence electrons. The number of morpholine rings is 1. The van der Waals surface area contributed by atoms with E-state index in [4.69, 9.17) is 9.47 Å². The van der Waals surface area contributed by atoms with Gasteiger partial charge in [-0.3, -0.25) is 9.69 Å². The Bertz CT molecular complexity index is 655. The predicted molar refractivity (Wildman–Crippen MR) is 112 cm³/mol. The molecule has 1 fully saturated rings. The highest BCUT2D eigenvalue weighted by Gasteiger charge is 2.14. The summed E-state index contributed by atoms with van der Waals surface area (Å²) in [6.45, 7) is 2.96. The lowest BCUT2D eigenvalue weighted by atomic mass is 10.2. The van der Waals surface area contributed by atoms with Crippen molar-refractivity contribution in [3.8, 4) is 5.75 Å². The Morgan fingerprint density at radius 1 is 1.31 bits per heavy atom. The minimum atomic E-state index is -0.440. The van der Waals surface area contributed by atoms with Crippen LogP contribution in [0.3, 0.4) is 0 Å². The Balaban J connectivity index is 1.89. The molecule has 1 aliphatic heterocycles. The molecule has 10 heteroatoms. The average molecular weight is 587 g/mol. The summed E-state index contributed by atoms with van der Waals surface area (Å²) in [5.41, 5.74) is 3.35. The average Bonchev–Trinajstić information content (AvgIpc) is 2.61. The number of rotatable bonds is 7. The fourth-order valence-corrected chi connectivity index (χ4v) is 4.29. The van der Waals surface area contributed by atoms with Gasteiger partial charge in [-0.05, 0) is 62.9 Å². The van der Waals surface area contributed by atoms with Crippen LogP contribution < -0.4 is 10.2 Å². The number of methoxy groups -OCH3 is 1. The number of hydrazone groups is 1. The summed E-state index contributed by atoms with van der Waals surface area (Å²) in [6.07, 6.45) is 1.58. The van der Waals surface area contributed by atoms with E-state index in [1.54, 1.807) is 6.21 Å². The number of nitrogens with one attached hydrogen (secondary N) is 1. The molecule has 0 saturated carbocycles. The molecule has 0 radical (unpaired) electrons. The summed E-state index contributed by atoms with van der Waals surface area (Å²) >= 11 is 4.25. The number of amides is 1. The summed E-state index contributed by atoms with van der Waals surface area (Å²) in [4.78, 5) is 25.1. The second-order valence-electron chi connectivity index (χ2n) is 5.36. The number of benzene rings is 1. The number of nitrogens with zero attached hydrogens (tertiary/aromatic N) is 2. The van der Waals surface area contributed by atoms with Crippen LogP contribution in [0.4, 0.5) is 0 Å². The third kappa shape index (κ3) is 6.96. The molecule has 2 rings (SSSR count). The van der Waals surface area contributed by atoms with E-state index in [-0.39, 0.29) is 12.5 Å². The highest BCUT2D eigenvalue weighted by Crippen LogP contribution is 2.28. The zero-order chi connectivity index (χ0) is 18.9. The lowest BCUT2D eigenvalue weighted by Crippen LogP contribution is -2.42. The van der Waals surface area contributed by atoms with Gasteiger partial charge in [-0.2, -0.15) is 5.10 Å². The van der Waals surface area contributed by atoms with Crippen LogP contribution in [-0.2, 0) is 19.1 Å². The van der Waals surface area contributed by atoms with Crippen LogP contribution >= 0.6 is 45.2 Å². The number of carbonyl (C=O) groups excluding carboxylic acids is 2. The molecule has 0 unspecified atom stereocenters. The number of hydrogen-bond acceptors (Lipinski definition) is 7. The number of hydrogen-bond donors (Lipinski definition) is 1. The highest BCUT2D eigenvalue weighted by atomic mass is 127. The molecule has 0 bridgehead atoms. The first-order chi connectivity index (χ1) is 12.5. The largest absolute Gasteiger partial charge is 0.480 e. The molecule has 0 spiro atoms. The fraction of sp³-hybridized carbons (Fsp3) is 0.438. The van der Waals surface area contributed by atoms with Crippen molar-refractivity contribution in [3.05, 3.63) is 24.8 Å². The zero-order valence-electron chi connectivity index (χ0n) is 14.2. The lowest BCUT2D eigenvalue weighted by molar-refractivity contribution is -0.143. The zero-order valence-corrected chi connectivity index (χ0v) is 18.5. The van der Waals surface area contributed by atoms with Crippen molar-refractivity contribution in [1.82, 2.24) is 10.3 Å². The normalized spacial score (nSPS) is 15.0. The Kier molecular flexibility index (Phi) is 9.01. The minimum Gasteiger partial charge on any atom is -0.480 e. The van der Waals surface area contributed by atoms with Gasteiger partial charge in [0.25, 0.3) is 5.91 Å². The monoisotopic (exact) mass is 587 g/mol. The van der Waals surface area contributed by atoms with Gasteiger partial charge >= 0.3 is 5.97 Å². The van der Waals surface area contributed by atoms with E-state index in [2.05, 4.69) is 60.4 Å². The maximum absolute atomic E-state index is 11.9.